The van der Waals surface area contributed by atoms with Crippen LogP contribution < -0.4 is 5.32 Å². The lowest BCUT2D eigenvalue weighted by molar-refractivity contribution is -0.686. The number of phenols is 1. The molecule has 3 N–H and O–H groups in total. The Morgan fingerprint density at radius 2 is 1.31 bits per heavy atom. The molecule has 0 heterocycles. The number of hydrogen-bond acceptors (Lipinski definition) is 1. The molecule has 0 aliphatic carbocycles. The van der Waals surface area contributed by atoms with Gasteiger partial charge < -0.3 is 10.4 Å². The summed E-state index contributed by atoms with van der Waals surface area (Å²) in [6.45, 7) is 1.93. The number of aromatic hydroxyl groups is 1. The Morgan fingerprint density at radius 3 is 1.94 bits per heavy atom. The maximum Gasteiger partial charge on any atom is 0.115 e. The number of hydrogen-bond donors (Lipinski definition) is 2. The van der Waals surface area contributed by atoms with Gasteiger partial charge in [0, 0.05) is 11.1 Å². The highest BCUT2D eigenvalue weighted by Crippen LogP contribution is 2.08. The Labute approximate surface area is 95.6 Å². The predicted octanol–water partition coefficient (Wildman–Crippen LogP) is 1.66. The molecule has 0 saturated carbocycles. The fourth-order valence-electron chi connectivity index (χ4n) is 1.65. The molecule has 2 aromatic rings. The molecule has 0 unspecified atom stereocenters. The minimum absolute atomic E-state index is 0.326. The van der Waals surface area contributed by atoms with Crippen LogP contribution in [-0.2, 0) is 13.1 Å². The van der Waals surface area contributed by atoms with Crippen molar-refractivity contribution < 1.29 is 10.4 Å². The highest BCUT2D eigenvalue weighted by molar-refractivity contribution is 5.25. The summed E-state index contributed by atoms with van der Waals surface area (Å²) in [6.07, 6.45) is 0. The number of nitrogens with two attached hydrogens (primary N) is 1. The van der Waals surface area contributed by atoms with Gasteiger partial charge in [-0.3, -0.25) is 0 Å². The third kappa shape index (κ3) is 3.11. The quantitative estimate of drug-likeness (QED) is 0.798. The highest BCUT2D eigenvalue weighted by Gasteiger charge is 1.97. The monoisotopic (exact) mass is 214 g/mol. The first-order chi connectivity index (χ1) is 7.84. The van der Waals surface area contributed by atoms with Crippen LogP contribution in [0, 0.1) is 0 Å². The van der Waals surface area contributed by atoms with Crippen LogP contribution >= 0.6 is 0 Å². The van der Waals surface area contributed by atoms with Gasteiger partial charge in [-0.15, -0.1) is 0 Å². The summed E-state index contributed by atoms with van der Waals surface area (Å²) in [7, 11) is 0. The standard InChI is InChI=1S/C14H15NO/c16-14-8-6-13(7-9-14)11-15-10-12-4-2-1-3-5-12/h1-9,15-16H,10-11H2/p+1. The molecule has 2 nitrogen and oxygen atoms in total. The third-order valence-corrected chi connectivity index (χ3v) is 2.54. The summed E-state index contributed by atoms with van der Waals surface area (Å²) >= 11 is 0. The maximum absolute atomic E-state index is 9.15. The smallest absolute Gasteiger partial charge is 0.115 e. The molecule has 0 saturated heterocycles. The summed E-state index contributed by atoms with van der Waals surface area (Å²) in [6, 6.07) is 17.8. The molecule has 0 radical (unpaired) electrons. The fraction of sp³-hybridized carbons (Fsp3) is 0.143. The Bertz CT molecular complexity index is 422. The van der Waals surface area contributed by atoms with Gasteiger partial charge in [-0.1, -0.05) is 30.3 Å². The molecule has 0 bridgehead atoms. The maximum atomic E-state index is 9.15. The van der Waals surface area contributed by atoms with Gasteiger partial charge in [0.05, 0.1) is 0 Å². The number of rotatable bonds is 4. The normalized spacial score (nSPS) is 10.2. The van der Waals surface area contributed by atoms with Crippen molar-refractivity contribution in [3.05, 3.63) is 65.7 Å². The van der Waals surface area contributed by atoms with Crippen LogP contribution in [0.2, 0.25) is 0 Å². The number of benzene rings is 2. The van der Waals surface area contributed by atoms with Crippen LogP contribution in [0.5, 0.6) is 5.75 Å². The molecular formula is C14H16NO+. The second kappa shape index (κ2) is 5.33. The van der Waals surface area contributed by atoms with Gasteiger partial charge in [-0.05, 0) is 24.3 Å². The van der Waals surface area contributed by atoms with E-state index in [1.807, 2.05) is 18.2 Å². The van der Waals surface area contributed by atoms with E-state index in [1.165, 1.54) is 11.1 Å². The van der Waals surface area contributed by atoms with Crippen molar-refractivity contribution in [3.8, 4) is 5.75 Å². The topological polar surface area (TPSA) is 36.8 Å². The van der Waals surface area contributed by atoms with E-state index >= 15 is 0 Å². The lowest BCUT2D eigenvalue weighted by Gasteiger charge is -2.02. The highest BCUT2D eigenvalue weighted by atomic mass is 16.3. The molecule has 0 spiro atoms. The van der Waals surface area contributed by atoms with E-state index in [1.54, 1.807) is 12.1 Å². The second-order valence-corrected chi connectivity index (χ2v) is 3.85. The Kier molecular flexibility index (Phi) is 3.57. The molecule has 0 aromatic heterocycles. The molecule has 0 atom stereocenters. The Morgan fingerprint density at radius 1 is 0.750 bits per heavy atom. The van der Waals surface area contributed by atoms with Gasteiger partial charge in [0.2, 0.25) is 0 Å². The van der Waals surface area contributed by atoms with Gasteiger partial charge in [0.25, 0.3) is 0 Å². The SMILES string of the molecule is Oc1ccc(C[NH2+]Cc2ccccc2)cc1. The van der Waals surface area contributed by atoms with Crippen molar-refractivity contribution in [1.29, 1.82) is 0 Å². The van der Waals surface area contributed by atoms with E-state index in [-0.39, 0.29) is 0 Å². The lowest BCUT2D eigenvalue weighted by atomic mass is 10.2. The molecule has 2 heteroatoms. The van der Waals surface area contributed by atoms with E-state index < -0.39 is 0 Å². The molecule has 16 heavy (non-hydrogen) atoms. The van der Waals surface area contributed by atoms with E-state index in [2.05, 4.69) is 29.6 Å². The largest absolute Gasteiger partial charge is 0.508 e. The van der Waals surface area contributed by atoms with Crippen molar-refractivity contribution in [3.63, 3.8) is 0 Å². The van der Waals surface area contributed by atoms with E-state index in [0.29, 0.717) is 5.75 Å². The molecule has 0 amide bonds. The number of quaternary nitrogens is 1. The summed E-state index contributed by atoms with van der Waals surface area (Å²) in [5.41, 5.74) is 2.56. The Hall–Kier alpha value is -1.80. The summed E-state index contributed by atoms with van der Waals surface area (Å²) in [4.78, 5) is 0. The average molecular weight is 214 g/mol. The zero-order valence-electron chi connectivity index (χ0n) is 9.13. The molecular weight excluding hydrogens is 198 g/mol. The lowest BCUT2D eigenvalue weighted by Crippen LogP contribution is -2.80. The van der Waals surface area contributed by atoms with Gasteiger partial charge >= 0.3 is 0 Å². The average Bonchev–Trinajstić information content (AvgIpc) is 2.33. The van der Waals surface area contributed by atoms with Crippen LogP contribution in [0.1, 0.15) is 11.1 Å². The van der Waals surface area contributed by atoms with Crippen molar-refractivity contribution in [2.45, 2.75) is 13.1 Å². The van der Waals surface area contributed by atoms with Crippen molar-refractivity contribution >= 4 is 0 Å². The molecule has 0 aliphatic rings. The first kappa shape index (κ1) is 10.7. The second-order valence-electron chi connectivity index (χ2n) is 3.85. The van der Waals surface area contributed by atoms with Crippen molar-refractivity contribution in [2.24, 2.45) is 0 Å². The molecule has 82 valence electrons. The van der Waals surface area contributed by atoms with Crippen molar-refractivity contribution in [2.75, 3.05) is 0 Å². The first-order valence-corrected chi connectivity index (χ1v) is 5.48. The van der Waals surface area contributed by atoms with E-state index in [0.717, 1.165) is 13.1 Å². The van der Waals surface area contributed by atoms with E-state index in [9.17, 15) is 0 Å². The molecule has 0 fully saturated rings. The van der Waals surface area contributed by atoms with Gasteiger partial charge in [-0.2, -0.15) is 0 Å². The fourth-order valence-corrected chi connectivity index (χ4v) is 1.65. The predicted molar refractivity (Wildman–Crippen MR) is 63.9 cm³/mol. The van der Waals surface area contributed by atoms with Gasteiger partial charge in [0.15, 0.2) is 0 Å². The van der Waals surface area contributed by atoms with Crippen LogP contribution in [0.4, 0.5) is 0 Å². The van der Waals surface area contributed by atoms with E-state index in [4.69, 9.17) is 5.11 Å². The minimum atomic E-state index is 0.326. The number of phenolic OH excluding ortho intramolecular Hbond substituents is 1. The summed E-state index contributed by atoms with van der Waals surface area (Å²) < 4.78 is 0. The van der Waals surface area contributed by atoms with Crippen LogP contribution in [-0.4, -0.2) is 5.11 Å². The Balaban J connectivity index is 1.82. The molecule has 2 rings (SSSR count). The van der Waals surface area contributed by atoms with Gasteiger partial charge in [-0.25, -0.2) is 0 Å². The van der Waals surface area contributed by atoms with Crippen LogP contribution in [0.25, 0.3) is 0 Å². The first-order valence-electron chi connectivity index (χ1n) is 5.48. The summed E-state index contributed by atoms with van der Waals surface area (Å²) in [5, 5.41) is 11.4. The molecule has 2 aromatic carbocycles. The van der Waals surface area contributed by atoms with Crippen LogP contribution in [0.3, 0.4) is 0 Å². The zero-order valence-corrected chi connectivity index (χ0v) is 9.13. The van der Waals surface area contributed by atoms with Crippen LogP contribution in [0.15, 0.2) is 54.6 Å². The van der Waals surface area contributed by atoms with Gasteiger partial charge in [0.1, 0.15) is 18.8 Å². The summed E-state index contributed by atoms with van der Waals surface area (Å²) in [5.74, 6) is 0.326. The molecule has 0 aliphatic heterocycles. The zero-order chi connectivity index (χ0) is 11.2. The van der Waals surface area contributed by atoms with Crippen molar-refractivity contribution in [1.82, 2.24) is 0 Å². The minimum Gasteiger partial charge on any atom is -0.508 e. The third-order valence-electron chi connectivity index (χ3n) is 2.54.